The molecule has 1 saturated heterocycles. The van der Waals surface area contributed by atoms with E-state index in [0.717, 1.165) is 46.8 Å². The first-order valence-corrected chi connectivity index (χ1v) is 9.85. The summed E-state index contributed by atoms with van der Waals surface area (Å²) in [6.07, 6.45) is 4.62. The molecular formula is C22H27N3O3. The van der Waals surface area contributed by atoms with Crippen LogP contribution >= 0.6 is 0 Å². The molecule has 2 aromatic heterocycles. The van der Waals surface area contributed by atoms with Crippen LogP contribution in [0, 0.1) is 6.92 Å². The van der Waals surface area contributed by atoms with Crippen molar-refractivity contribution < 1.29 is 13.9 Å². The molecule has 3 heterocycles. The van der Waals surface area contributed by atoms with E-state index in [2.05, 4.69) is 15.2 Å². The number of aromatic nitrogens is 1. The fraction of sp³-hybridized carbons (Fsp3) is 0.409. The Kier molecular flexibility index (Phi) is 5.39. The molecular weight excluding hydrogens is 354 g/mol. The van der Waals surface area contributed by atoms with Gasteiger partial charge in [-0.25, -0.2) is 0 Å². The molecule has 1 fully saturated rings. The second kappa shape index (κ2) is 8.10. The molecule has 0 saturated carbocycles. The number of nitrogens with zero attached hydrogens (tertiary/aromatic N) is 1. The van der Waals surface area contributed by atoms with E-state index in [0.29, 0.717) is 13.0 Å². The van der Waals surface area contributed by atoms with Crippen LogP contribution in [0.5, 0.6) is 5.75 Å². The first-order valence-electron chi connectivity index (χ1n) is 9.85. The number of H-pyrrole nitrogens is 1. The van der Waals surface area contributed by atoms with Gasteiger partial charge in [0.25, 0.3) is 0 Å². The zero-order valence-electron chi connectivity index (χ0n) is 16.5. The van der Waals surface area contributed by atoms with Crippen molar-refractivity contribution in [2.75, 3.05) is 26.7 Å². The van der Waals surface area contributed by atoms with Gasteiger partial charge in [-0.1, -0.05) is 0 Å². The van der Waals surface area contributed by atoms with Gasteiger partial charge >= 0.3 is 0 Å². The van der Waals surface area contributed by atoms with Gasteiger partial charge in [0.15, 0.2) is 0 Å². The van der Waals surface area contributed by atoms with E-state index in [9.17, 15) is 4.79 Å². The number of benzene rings is 1. The first kappa shape index (κ1) is 18.6. The monoisotopic (exact) mass is 381 g/mol. The Labute approximate surface area is 164 Å². The van der Waals surface area contributed by atoms with Gasteiger partial charge < -0.3 is 19.5 Å². The molecule has 1 aliphatic heterocycles. The quantitative estimate of drug-likeness (QED) is 0.656. The minimum absolute atomic E-state index is 0.0104. The summed E-state index contributed by atoms with van der Waals surface area (Å²) in [5, 5.41) is 4.13. The molecule has 0 spiro atoms. The summed E-state index contributed by atoms with van der Waals surface area (Å²) in [6, 6.07) is 9.94. The number of hydrogen-bond donors (Lipinski definition) is 2. The topological polar surface area (TPSA) is 70.5 Å². The zero-order valence-corrected chi connectivity index (χ0v) is 16.5. The lowest BCUT2D eigenvalue weighted by Crippen LogP contribution is -2.37. The van der Waals surface area contributed by atoms with Crippen molar-refractivity contribution in [1.29, 1.82) is 0 Å². The summed E-state index contributed by atoms with van der Waals surface area (Å²) in [5.74, 6) is 2.63. The summed E-state index contributed by atoms with van der Waals surface area (Å²) < 4.78 is 11.2. The van der Waals surface area contributed by atoms with Crippen LogP contribution in [0.1, 0.15) is 36.0 Å². The standard InChI is InChI=1S/C22H27N3O3/c1-15-5-8-21(28-15)20(25-9-3-4-10-25)14-24-22(26)11-16-13-23-19-7-6-17(27-2)12-18(16)19/h5-8,12-13,20,23H,3-4,9-11,14H2,1-2H3,(H,24,26). The number of carbonyl (C=O) groups is 1. The van der Waals surface area contributed by atoms with Crippen molar-refractivity contribution in [1.82, 2.24) is 15.2 Å². The molecule has 1 atom stereocenters. The minimum Gasteiger partial charge on any atom is -0.497 e. The number of likely N-dealkylation sites (tertiary alicyclic amines) is 1. The molecule has 1 unspecified atom stereocenters. The van der Waals surface area contributed by atoms with Crippen LogP contribution in [0.3, 0.4) is 0 Å². The summed E-state index contributed by atoms with van der Waals surface area (Å²) in [5.41, 5.74) is 1.97. The molecule has 0 radical (unpaired) electrons. The van der Waals surface area contributed by atoms with E-state index in [1.807, 2.05) is 43.5 Å². The van der Waals surface area contributed by atoms with Gasteiger partial charge in [-0.15, -0.1) is 0 Å². The van der Waals surface area contributed by atoms with Crippen molar-refractivity contribution in [3.05, 3.63) is 53.6 Å². The first-order chi connectivity index (χ1) is 13.6. The average Bonchev–Trinajstić information content (AvgIpc) is 3.44. The van der Waals surface area contributed by atoms with Crippen LogP contribution in [-0.2, 0) is 11.2 Å². The Morgan fingerprint density at radius 1 is 1.29 bits per heavy atom. The lowest BCUT2D eigenvalue weighted by atomic mass is 10.1. The second-order valence-corrected chi connectivity index (χ2v) is 7.41. The molecule has 148 valence electrons. The highest BCUT2D eigenvalue weighted by Crippen LogP contribution is 2.27. The van der Waals surface area contributed by atoms with Gasteiger partial charge in [0.1, 0.15) is 17.3 Å². The largest absolute Gasteiger partial charge is 0.497 e. The molecule has 1 amide bonds. The van der Waals surface area contributed by atoms with Crippen LogP contribution in [0.2, 0.25) is 0 Å². The van der Waals surface area contributed by atoms with Crippen LogP contribution in [0.15, 0.2) is 40.9 Å². The average molecular weight is 381 g/mol. The van der Waals surface area contributed by atoms with E-state index in [4.69, 9.17) is 9.15 Å². The summed E-state index contributed by atoms with van der Waals surface area (Å²) in [7, 11) is 1.65. The Hall–Kier alpha value is -2.73. The Morgan fingerprint density at radius 2 is 2.11 bits per heavy atom. The number of ether oxygens (including phenoxy) is 1. The van der Waals surface area contributed by atoms with Gasteiger partial charge in [-0.2, -0.15) is 0 Å². The van der Waals surface area contributed by atoms with Crippen molar-refractivity contribution in [2.45, 2.75) is 32.2 Å². The Morgan fingerprint density at radius 3 is 2.82 bits per heavy atom. The maximum absolute atomic E-state index is 12.7. The number of fused-ring (bicyclic) bond motifs is 1. The molecule has 6 heteroatoms. The van der Waals surface area contributed by atoms with E-state index < -0.39 is 0 Å². The number of carbonyl (C=O) groups excluding carboxylic acids is 1. The van der Waals surface area contributed by atoms with Crippen molar-refractivity contribution in [3.8, 4) is 5.75 Å². The maximum atomic E-state index is 12.7. The highest BCUT2D eigenvalue weighted by atomic mass is 16.5. The summed E-state index contributed by atoms with van der Waals surface area (Å²) in [4.78, 5) is 18.3. The third-order valence-corrected chi connectivity index (χ3v) is 5.49. The predicted octanol–water partition coefficient (Wildman–Crippen LogP) is 3.57. The highest BCUT2D eigenvalue weighted by Gasteiger charge is 2.26. The normalized spacial score (nSPS) is 15.8. The number of amides is 1. The van der Waals surface area contributed by atoms with Gasteiger partial charge in [-0.3, -0.25) is 9.69 Å². The Bertz CT molecular complexity index is 953. The molecule has 1 aliphatic rings. The van der Waals surface area contributed by atoms with Crippen LogP contribution < -0.4 is 10.1 Å². The van der Waals surface area contributed by atoms with E-state index in [1.54, 1.807) is 7.11 Å². The molecule has 6 nitrogen and oxygen atoms in total. The zero-order chi connectivity index (χ0) is 19.5. The van der Waals surface area contributed by atoms with Gasteiger partial charge in [-0.05, 0) is 68.8 Å². The van der Waals surface area contributed by atoms with Crippen LogP contribution in [0.4, 0.5) is 0 Å². The minimum atomic E-state index is 0.0104. The summed E-state index contributed by atoms with van der Waals surface area (Å²) >= 11 is 0. The summed E-state index contributed by atoms with van der Waals surface area (Å²) in [6.45, 7) is 4.59. The lowest BCUT2D eigenvalue weighted by Gasteiger charge is -2.26. The van der Waals surface area contributed by atoms with Crippen LogP contribution in [-0.4, -0.2) is 42.5 Å². The van der Waals surface area contributed by atoms with Gasteiger partial charge in [0.2, 0.25) is 5.91 Å². The molecule has 28 heavy (non-hydrogen) atoms. The van der Waals surface area contributed by atoms with Crippen molar-refractivity contribution in [2.24, 2.45) is 0 Å². The number of nitrogens with one attached hydrogen (secondary N) is 2. The fourth-order valence-corrected chi connectivity index (χ4v) is 3.97. The molecule has 4 rings (SSSR count). The van der Waals surface area contributed by atoms with Crippen LogP contribution in [0.25, 0.3) is 10.9 Å². The van der Waals surface area contributed by atoms with Gasteiger partial charge in [0, 0.05) is 23.6 Å². The molecule has 3 aromatic rings. The number of hydrogen-bond acceptors (Lipinski definition) is 4. The lowest BCUT2D eigenvalue weighted by molar-refractivity contribution is -0.120. The molecule has 0 aliphatic carbocycles. The molecule has 1 aromatic carbocycles. The highest BCUT2D eigenvalue weighted by molar-refractivity contribution is 5.89. The number of aromatic amines is 1. The number of methoxy groups -OCH3 is 1. The molecule has 0 bridgehead atoms. The molecule has 2 N–H and O–H groups in total. The third-order valence-electron chi connectivity index (χ3n) is 5.49. The van der Waals surface area contributed by atoms with E-state index in [-0.39, 0.29) is 11.9 Å². The van der Waals surface area contributed by atoms with Crippen molar-refractivity contribution in [3.63, 3.8) is 0 Å². The SMILES string of the molecule is COc1ccc2[nH]cc(CC(=O)NCC(c3ccc(C)o3)N3CCCC3)c2c1. The Balaban J connectivity index is 1.44. The second-order valence-electron chi connectivity index (χ2n) is 7.41. The number of aryl methyl sites for hydroxylation is 1. The number of rotatable bonds is 7. The van der Waals surface area contributed by atoms with E-state index in [1.165, 1.54) is 12.8 Å². The number of furan rings is 1. The van der Waals surface area contributed by atoms with E-state index >= 15 is 0 Å². The maximum Gasteiger partial charge on any atom is 0.224 e. The predicted molar refractivity (Wildman–Crippen MR) is 109 cm³/mol. The third kappa shape index (κ3) is 3.92. The smallest absolute Gasteiger partial charge is 0.224 e. The van der Waals surface area contributed by atoms with Crippen molar-refractivity contribution >= 4 is 16.8 Å². The fourth-order valence-electron chi connectivity index (χ4n) is 3.97. The van der Waals surface area contributed by atoms with Gasteiger partial charge in [0.05, 0.1) is 19.6 Å².